The van der Waals surface area contributed by atoms with Crippen LogP contribution in [-0.2, 0) is 19.4 Å². The van der Waals surface area contributed by atoms with Crippen molar-refractivity contribution in [3.05, 3.63) is 104 Å². The van der Waals surface area contributed by atoms with Crippen molar-refractivity contribution in [3.63, 3.8) is 0 Å². The molecular formula is C28H21K2NO7. The van der Waals surface area contributed by atoms with Gasteiger partial charge in [0.05, 0.1) is 23.1 Å². The molecule has 3 aromatic carbocycles. The molecule has 182 valence electrons. The van der Waals surface area contributed by atoms with Gasteiger partial charge < -0.3 is 33.8 Å². The molecule has 0 saturated carbocycles. The van der Waals surface area contributed by atoms with E-state index in [9.17, 15) is 24.6 Å². The van der Waals surface area contributed by atoms with E-state index in [1.54, 1.807) is 34.9 Å². The van der Waals surface area contributed by atoms with Crippen LogP contribution in [0.2, 0.25) is 0 Å². The zero-order chi connectivity index (χ0) is 25.4. The van der Waals surface area contributed by atoms with Gasteiger partial charge in [-0.1, -0.05) is 37.3 Å². The summed E-state index contributed by atoms with van der Waals surface area (Å²) in [6.45, 7) is 2.25. The molecule has 0 N–H and O–H groups in total. The minimum atomic E-state index is -1.50. The van der Waals surface area contributed by atoms with Crippen LogP contribution in [0.3, 0.4) is 0 Å². The number of rotatable bonds is 7. The van der Waals surface area contributed by atoms with Gasteiger partial charge >= 0.3 is 103 Å². The summed E-state index contributed by atoms with van der Waals surface area (Å²) in [6.07, 6.45) is 0.587. The maximum Gasteiger partial charge on any atom is 1.00 e. The van der Waals surface area contributed by atoms with Crippen LogP contribution in [0.15, 0.2) is 65.5 Å². The summed E-state index contributed by atoms with van der Waals surface area (Å²) in [5.74, 6) is -1.65. The molecular weight excluding hydrogens is 541 g/mol. The summed E-state index contributed by atoms with van der Waals surface area (Å²) in [5.41, 5.74) is 1.96. The van der Waals surface area contributed by atoms with E-state index in [1.165, 1.54) is 18.2 Å². The molecule has 0 saturated heterocycles. The number of aromatic nitrogens is 1. The van der Waals surface area contributed by atoms with Gasteiger partial charge in [-0.15, -0.1) is 0 Å². The van der Waals surface area contributed by atoms with Gasteiger partial charge in [0.25, 0.3) is 0 Å². The van der Waals surface area contributed by atoms with E-state index in [1.807, 2.05) is 19.1 Å². The molecule has 38 heavy (non-hydrogen) atoms. The molecule has 0 radical (unpaired) electrons. The number of para-hydroxylation sites is 1. The first-order valence-corrected chi connectivity index (χ1v) is 11.4. The van der Waals surface area contributed by atoms with E-state index >= 15 is 0 Å². The summed E-state index contributed by atoms with van der Waals surface area (Å²) in [5, 5.41) is 24.2. The van der Waals surface area contributed by atoms with Crippen molar-refractivity contribution in [2.24, 2.45) is 0 Å². The molecule has 0 amide bonds. The van der Waals surface area contributed by atoms with Crippen LogP contribution in [0, 0.1) is 0 Å². The molecule has 4 aromatic rings. The minimum absolute atomic E-state index is 0. The number of hydrogen-bond donors (Lipinski definition) is 0. The Hall–Kier alpha value is -1.32. The van der Waals surface area contributed by atoms with E-state index in [4.69, 9.17) is 9.47 Å². The van der Waals surface area contributed by atoms with E-state index in [0.717, 1.165) is 11.1 Å². The summed E-state index contributed by atoms with van der Waals surface area (Å²) in [6, 6.07) is 16.4. The van der Waals surface area contributed by atoms with Crippen LogP contribution in [0.1, 0.15) is 50.0 Å². The third-order valence-electron chi connectivity index (χ3n) is 6.41. The molecule has 0 bridgehead atoms. The second-order valence-electron chi connectivity index (χ2n) is 8.54. The van der Waals surface area contributed by atoms with Crippen LogP contribution < -0.4 is 128 Å². The number of carbonyl (C=O) groups excluding carboxylic acids is 2. The standard InChI is InChI=1S/C28H23NO7.2K/c1-2-17-12-23-24(36-15-35-23)13-19(17)14-29-22-9-4-3-8-20(22)26(30)21(25(29)28(33)34)11-16-6-5-7-18(10-16)27(31)32;;/h3-10,12-13H,2,11,14-15H2,1H3,(H,31,32)(H,33,34);;/q;2*+1/p-2. The van der Waals surface area contributed by atoms with Gasteiger partial charge in [-0.2, -0.15) is 0 Å². The summed E-state index contributed by atoms with van der Waals surface area (Å²) >= 11 is 0. The van der Waals surface area contributed by atoms with Gasteiger partial charge in [-0.25, -0.2) is 0 Å². The van der Waals surface area contributed by atoms with Crippen LogP contribution in [0.25, 0.3) is 10.9 Å². The Labute approximate surface area is 303 Å². The van der Waals surface area contributed by atoms with Gasteiger partial charge in [0.15, 0.2) is 16.9 Å². The average Bonchev–Trinajstić information content (AvgIpc) is 3.33. The smallest absolute Gasteiger partial charge is 0.545 e. The third kappa shape index (κ3) is 6.20. The quantitative estimate of drug-likeness (QED) is 0.209. The Morgan fingerprint density at radius 3 is 2.24 bits per heavy atom. The number of aryl methyl sites for hydroxylation is 1. The number of fused-ring (bicyclic) bond motifs is 2. The van der Waals surface area contributed by atoms with E-state index in [2.05, 4.69) is 0 Å². The van der Waals surface area contributed by atoms with Gasteiger partial charge in [0.1, 0.15) is 0 Å². The minimum Gasteiger partial charge on any atom is -0.545 e. The van der Waals surface area contributed by atoms with Crippen molar-refractivity contribution in [2.75, 3.05) is 6.79 Å². The first-order chi connectivity index (χ1) is 17.4. The maximum absolute atomic E-state index is 13.5. The van der Waals surface area contributed by atoms with E-state index < -0.39 is 17.4 Å². The first kappa shape index (κ1) is 31.2. The van der Waals surface area contributed by atoms with E-state index in [0.29, 0.717) is 34.4 Å². The van der Waals surface area contributed by atoms with Crippen LogP contribution >= 0.6 is 0 Å². The first-order valence-electron chi connectivity index (χ1n) is 11.4. The molecule has 1 aromatic heterocycles. The predicted molar refractivity (Wildman–Crippen MR) is 127 cm³/mol. The fourth-order valence-corrected chi connectivity index (χ4v) is 4.70. The normalized spacial score (nSPS) is 11.5. The molecule has 0 spiro atoms. The van der Waals surface area contributed by atoms with Crippen molar-refractivity contribution in [2.45, 2.75) is 26.3 Å². The topological polar surface area (TPSA) is 121 Å². The second-order valence-corrected chi connectivity index (χ2v) is 8.54. The summed E-state index contributed by atoms with van der Waals surface area (Å²) in [4.78, 5) is 37.3. The number of aromatic carboxylic acids is 2. The van der Waals surface area contributed by atoms with Gasteiger partial charge in [0.2, 0.25) is 6.79 Å². The number of pyridine rings is 1. The monoisotopic (exact) mass is 561 g/mol. The number of carboxylic acids is 2. The molecule has 0 fully saturated rings. The van der Waals surface area contributed by atoms with Crippen LogP contribution in [0.5, 0.6) is 11.5 Å². The molecule has 1 aliphatic rings. The van der Waals surface area contributed by atoms with Crippen LogP contribution in [0.4, 0.5) is 0 Å². The number of ether oxygens (including phenoxy) is 2. The molecule has 5 rings (SSSR count). The Balaban J connectivity index is 0.00000200. The van der Waals surface area contributed by atoms with Gasteiger partial charge in [-0.3, -0.25) is 4.79 Å². The van der Waals surface area contributed by atoms with Crippen molar-refractivity contribution in [1.82, 2.24) is 4.57 Å². The van der Waals surface area contributed by atoms with Gasteiger partial charge in [-0.05, 0) is 59.0 Å². The molecule has 8 nitrogen and oxygen atoms in total. The number of hydrogen-bond acceptors (Lipinski definition) is 7. The predicted octanol–water partition coefficient (Wildman–Crippen LogP) is -4.33. The van der Waals surface area contributed by atoms with Crippen molar-refractivity contribution in [1.29, 1.82) is 0 Å². The zero-order valence-electron chi connectivity index (χ0n) is 21.4. The fourth-order valence-electron chi connectivity index (χ4n) is 4.70. The third-order valence-corrected chi connectivity index (χ3v) is 6.41. The number of carboxylic acid groups (broad SMARTS) is 2. The summed E-state index contributed by atoms with van der Waals surface area (Å²) < 4.78 is 12.6. The van der Waals surface area contributed by atoms with Crippen molar-refractivity contribution in [3.8, 4) is 11.5 Å². The number of carbonyl (C=O) groups is 2. The molecule has 2 heterocycles. The second kappa shape index (κ2) is 13.4. The average molecular weight is 562 g/mol. The molecule has 0 aliphatic carbocycles. The fraction of sp³-hybridized carbons (Fsp3) is 0.179. The number of nitrogens with zero attached hydrogens (tertiary/aromatic N) is 1. The van der Waals surface area contributed by atoms with Crippen LogP contribution in [-0.4, -0.2) is 23.3 Å². The zero-order valence-corrected chi connectivity index (χ0v) is 27.7. The summed E-state index contributed by atoms with van der Waals surface area (Å²) in [7, 11) is 0. The molecule has 0 unspecified atom stereocenters. The Morgan fingerprint density at radius 1 is 0.895 bits per heavy atom. The van der Waals surface area contributed by atoms with E-state index in [-0.39, 0.29) is 139 Å². The Bertz CT molecular complexity index is 1600. The van der Waals surface area contributed by atoms with Crippen molar-refractivity contribution < 1.29 is 132 Å². The van der Waals surface area contributed by atoms with Gasteiger partial charge in [0, 0.05) is 23.9 Å². The number of benzene rings is 3. The SMILES string of the molecule is CCc1cc2c(cc1Cn1c(C(=O)[O-])c(Cc3cccc(C(=O)[O-])c3)c(=O)c3ccccc31)OCO2.[K+].[K+]. The van der Waals surface area contributed by atoms with Crippen molar-refractivity contribution >= 4 is 22.8 Å². The molecule has 0 atom stereocenters. The molecule has 10 heteroatoms. The molecule has 1 aliphatic heterocycles. The maximum atomic E-state index is 13.5. The Morgan fingerprint density at radius 2 is 1.58 bits per heavy atom. The Kier molecular flexibility index (Phi) is 11.0. The largest absolute Gasteiger partial charge is 1.00 e.